The van der Waals surface area contributed by atoms with E-state index in [1.165, 1.54) is 7.11 Å². The molecule has 4 aromatic rings. The fourth-order valence-corrected chi connectivity index (χ4v) is 9.64. The number of para-hydroxylation sites is 1. The van der Waals surface area contributed by atoms with Crippen molar-refractivity contribution in [2.24, 2.45) is 22.7 Å². The number of methoxy groups -OCH3 is 1. The summed E-state index contributed by atoms with van der Waals surface area (Å²) in [5.74, 6) is -0.535. The molecule has 4 unspecified atom stereocenters. The number of benzene rings is 2. The number of hydrogen-bond acceptors (Lipinski definition) is 10. The Bertz CT molecular complexity index is 1970. The van der Waals surface area contributed by atoms with Gasteiger partial charge in [-0.25, -0.2) is 9.59 Å². The van der Waals surface area contributed by atoms with Gasteiger partial charge >= 0.3 is 11.6 Å². The smallest absolute Gasteiger partial charge is 0.345 e. The molecule has 4 aliphatic rings. The number of aliphatic hydroxyl groups excluding tert-OH is 1. The number of ether oxygens (including phenoxy) is 5. The van der Waals surface area contributed by atoms with Crippen LogP contribution in [0.15, 0.2) is 94.4 Å². The number of nitrogens with zero attached hydrogens (tertiary/aromatic N) is 1. The zero-order valence-corrected chi connectivity index (χ0v) is 28.5. The van der Waals surface area contributed by atoms with Crippen molar-refractivity contribution < 1.29 is 38.0 Å². The zero-order valence-electron chi connectivity index (χ0n) is 28.5. The van der Waals surface area contributed by atoms with E-state index in [9.17, 15) is 14.7 Å². The van der Waals surface area contributed by atoms with Crippen molar-refractivity contribution in [1.29, 1.82) is 0 Å². The van der Waals surface area contributed by atoms with Gasteiger partial charge in [-0.15, -0.1) is 0 Å². The Morgan fingerprint density at radius 1 is 1.00 bits per heavy atom. The number of pyridine rings is 1. The number of aliphatic hydroxyl groups is 1. The fraction of sp³-hybridized carbons (Fsp3) is 0.425. The lowest BCUT2D eigenvalue weighted by Crippen LogP contribution is -2.71. The number of esters is 1. The number of aromatic nitrogens is 1. The van der Waals surface area contributed by atoms with Crippen LogP contribution in [0.1, 0.15) is 73.9 Å². The van der Waals surface area contributed by atoms with E-state index in [1.807, 2.05) is 37.3 Å². The maximum absolute atomic E-state index is 14.0. The number of rotatable bonds is 5. The summed E-state index contributed by atoms with van der Waals surface area (Å²) >= 11 is 0. The summed E-state index contributed by atoms with van der Waals surface area (Å²) in [4.78, 5) is 31.9. The van der Waals surface area contributed by atoms with Crippen LogP contribution in [-0.2, 0) is 14.2 Å². The van der Waals surface area contributed by atoms with Gasteiger partial charge < -0.3 is 33.2 Å². The normalized spacial score (nSPS) is 34.2. The number of carbonyl (C=O) groups is 1. The number of fused-ring (bicyclic) bond motifs is 6. The summed E-state index contributed by atoms with van der Waals surface area (Å²) in [7, 11) is 1.51. The summed E-state index contributed by atoms with van der Waals surface area (Å²) in [5, 5.41) is 12.4. The summed E-state index contributed by atoms with van der Waals surface area (Å²) in [6.07, 6.45) is 2.27. The van der Waals surface area contributed by atoms with E-state index in [2.05, 4.69) is 18.8 Å². The average molecular weight is 680 g/mol. The molecule has 2 aliphatic carbocycles. The molecule has 1 saturated heterocycles. The first kappa shape index (κ1) is 32.7. The van der Waals surface area contributed by atoms with Gasteiger partial charge in [-0.3, -0.25) is 4.98 Å². The van der Waals surface area contributed by atoms with E-state index in [0.29, 0.717) is 37.2 Å². The number of carbonyl (C=O) groups excluding carboxylic acids is 1. The van der Waals surface area contributed by atoms with Crippen LogP contribution in [0.5, 0.6) is 11.5 Å². The Labute approximate surface area is 290 Å². The summed E-state index contributed by atoms with van der Waals surface area (Å²) in [6.45, 7) is 6.61. The predicted octanol–water partition coefficient (Wildman–Crippen LogP) is 6.68. The van der Waals surface area contributed by atoms with Crippen molar-refractivity contribution in [2.45, 2.75) is 70.2 Å². The highest BCUT2D eigenvalue weighted by molar-refractivity contribution is 5.92. The van der Waals surface area contributed by atoms with Crippen molar-refractivity contribution in [3.8, 4) is 22.8 Å². The Morgan fingerprint density at radius 3 is 2.54 bits per heavy atom. The van der Waals surface area contributed by atoms with Crippen LogP contribution in [0.2, 0.25) is 0 Å². The van der Waals surface area contributed by atoms with Crippen LogP contribution < -0.4 is 15.1 Å². The van der Waals surface area contributed by atoms with Crippen LogP contribution in [0.3, 0.4) is 0 Å². The molecule has 8 rings (SSSR count). The molecule has 1 N–H and O–H groups in total. The highest BCUT2D eigenvalue weighted by Crippen LogP contribution is 2.68. The van der Waals surface area contributed by atoms with Gasteiger partial charge in [0.25, 0.3) is 0 Å². The van der Waals surface area contributed by atoms with Crippen molar-refractivity contribution in [1.82, 2.24) is 4.98 Å². The minimum absolute atomic E-state index is 0.0596. The van der Waals surface area contributed by atoms with Crippen LogP contribution in [0.25, 0.3) is 11.3 Å². The zero-order chi connectivity index (χ0) is 34.8. The van der Waals surface area contributed by atoms with Crippen LogP contribution in [0, 0.1) is 22.7 Å². The third-order valence-electron chi connectivity index (χ3n) is 12.0. The van der Waals surface area contributed by atoms with Gasteiger partial charge in [-0.1, -0.05) is 56.3 Å². The Balaban J connectivity index is 1.22. The standard InChI is InChI=1S/C40H41NO9/c1-38-17-16-30-39(2,22-46-37(49-30)23-11-6-5-7-12-23)29(38)20-31(48-35(43)25-14-8-9-15-26(25)45-4)40(3)34(38)33(42)32-28(50-40)19-27(47-36(32)44)24-13-10-18-41-21-24/h5-15,18-19,21,29-31,33-34,37,42H,16-17,20,22H2,1-4H3/t29?,30-,31-,33-,34?,37?,38-,39?,40+/m0/s1. The highest BCUT2D eigenvalue weighted by Gasteiger charge is 2.71. The van der Waals surface area contributed by atoms with E-state index in [-0.39, 0.29) is 34.7 Å². The highest BCUT2D eigenvalue weighted by atomic mass is 16.7. The molecule has 2 saturated carbocycles. The molecule has 2 aromatic carbocycles. The van der Waals surface area contributed by atoms with Gasteiger partial charge in [0.15, 0.2) is 6.29 Å². The fourth-order valence-electron chi connectivity index (χ4n) is 9.64. The van der Waals surface area contributed by atoms with E-state index in [4.69, 9.17) is 28.1 Å². The topological polar surface area (TPSA) is 127 Å². The van der Waals surface area contributed by atoms with Crippen LogP contribution >= 0.6 is 0 Å². The molecule has 260 valence electrons. The van der Waals surface area contributed by atoms with Crippen molar-refractivity contribution in [2.75, 3.05) is 13.7 Å². The lowest BCUT2D eigenvalue weighted by atomic mass is 9.42. The number of hydrogen-bond donors (Lipinski definition) is 1. The van der Waals surface area contributed by atoms with E-state index < -0.39 is 52.4 Å². The van der Waals surface area contributed by atoms with Gasteiger partial charge in [0.1, 0.15) is 40.1 Å². The minimum Gasteiger partial charge on any atom is -0.496 e. The van der Waals surface area contributed by atoms with E-state index in [1.54, 1.807) is 54.9 Å². The molecule has 10 heteroatoms. The van der Waals surface area contributed by atoms with Gasteiger partial charge in [0.2, 0.25) is 0 Å². The van der Waals surface area contributed by atoms with E-state index >= 15 is 0 Å². The average Bonchev–Trinajstić information content (AvgIpc) is 3.12. The first-order valence-electron chi connectivity index (χ1n) is 17.2. The Hall–Kier alpha value is -4.51. The molecule has 0 amide bonds. The molecule has 0 radical (unpaired) electrons. The minimum atomic E-state index is -1.27. The monoisotopic (exact) mass is 679 g/mol. The quantitative estimate of drug-likeness (QED) is 0.228. The first-order valence-corrected chi connectivity index (χ1v) is 17.2. The third kappa shape index (κ3) is 4.99. The van der Waals surface area contributed by atoms with E-state index in [0.717, 1.165) is 5.56 Å². The van der Waals surface area contributed by atoms with Crippen molar-refractivity contribution in [3.63, 3.8) is 0 Å². The van der Waals surface area contributed by atoms with Crippen LogP contribution in [0.4, 0.5) is 0 Å². The molecule has 0 spiro atoms. The second-order valence-electron chi connectivity index (χ2n) is 14.7. The maximum atomic E-state index is 14.0. The van der Waals surface area contributed by atoms with Crippen LogP contribution in [-0.4, -0.2) is 47.6 Å². The SMILES string of the molecule is COc1ccccc1C(=O)O[C@H]1CC2C3(C)COC(c4ccccc4)O[C@H]3CC[C@]2(C)C2[C@@H](O)c3c(cc(-c4cccnc4)oc3=O)O[C@@]21C. The molecular formula is C40H41NO9. The second kappa shape index (κ2) is 12.1. The first-order chi connectivity index (χ1) is 24.1. The maximum Gasteiger partial charge on any atom is 0.345 e. The molecule has 3 fully saturated rings. The van der Waals surface area contributed by atoms with Gasteiger partial charge in [0.05, 0.1) is 25.9 Å². The molecule has 50 heavy (non-hydrogen) atoms. The lowest BCUT2D eigenvalue weighted by molar-refractivity contribution is -0.330. The lowest BCUT2D eigenvalue weighted by Gasteiger charge is -2.67. The van der Waals surface area contributed by atoms with Crippen molar-refractivity contribution in [3.05, 3.63) is 112 Å². The molecule has 9 atom stereocenters. The molecule has 0 bridgehead atoms. The van der Waals surface area contributed by atoms with Gasteiger partial charge in [0, 0.05) is 40.9 Å². The molecule has 2 aromatic heterocycles. The Morgan fingerprint density at radius 2 is 1.78 bits per heavy atom. The molecule has 2 aliphatic heterocycles. The Kier molecular flexibility index (Phi) is 7.89. The summed E-state index contributed by atoms with van der Waals surface area (Å²) in [6, 6.07) is 22.0. The third-order valence-corrected chi connectivity index (χ3v) is 12.0. The predicted molar refractivity (Wildman–Crippen MR) is 181 cm³/mol. The van der Waals surface area contributed by atoms with Gasteiger partial charge in [-0.05, 0) is 61.8 Å². The summed E-state index contributed by atoms with van der Waals surface area (Å²) in [5.41, 5.74) is -1.13. The molecule has 4 heterocycles. The largest absolute Gasteiger partial charge is 0.496 e. The summed E-state index contributed by atoms with van der Waals surface area (Å²) < 4.78 is 37.8. The second-order valence-corrected chi connectivity index (χ2v) is 14.7. The van der Waals surface area contributed by atoms with Crippen molar-refractivity contribution >= 4 is 5.97 Å². The molecule has 10 nitrogen and oxygen atoms in total. The van der Waals surface area contributed by atoms with Gasteiger partial charge in [-0.2, -0.15) is 0 Å². The molecular weight excluding hydrogens is 638 g/mol.